The van der Waals surface area contributed by atoms with Gasteiger partial charge in [0.15, 0.2) is 0 Å². The van der Waals surface area contributed by atoms with Crippen LogP contribution in [0.5, 0.6) is 5.75 Å². The lowest BCUT2D eigenvalue weighted by molar-refractivity contribution is 0.475. The average molecular weight is 242 g/mol. The van der Waals surface area contributed by atoms with Crippen molar-refractivity contribution in [2.24, 2.45) is 0 Å². The first-order valence-corrected chi connectivity index (χ1v) is 5.35. The number of aromatic hydroxyl groups is 1. The van der Waals surface area contributed by atoms with Gasteiger partial charge < -0.3 is 10.0 Å². The van der Waals surface area contributed by atoms with E-state index in [0.717, 1.165) is 5.69 Å². The summed E-state index contributed by atoms with van der Waals surface area (Å²) < 4.78 is 13.5. The second-order valence-corrected chi connectivity index (χ2v) is 3.82. The first-order valence-electron chi connectivity index (χ1n) is 5.35. The summed E-state index contributed by atoms with van der Waals surface area (Å²) in [5.41, 5.74) is 1.26. The summed E-state index contributed by atoms with van der Waals surface area (Å²) in [6.07, 6.45) is 0. The summed E-state index contributed by atoms with van der Waals surface area (Å²) in [4.78, 5) is 1.70. The van der Waals surface area contributed by atoms with Crippen LogP contribution in [-0.2, 0) is 0 Å². The van der Waals surface area contributed by atoms with Gasteiger partial charge in [0.1, 0.15) is 23.2 Å². The first kappa shape index (κ1) is 11.9. The minimum Gasteiger partial charge on any atom is -0.508 e. The van der Waals surface area contributed by atoms with E-state index < -0.39 is 5.82 Å². The molecule has 0 aromatic heterocycles. The number of hydrogen-bond acceptors (Lipinski definition) is 3. The van der Waals surface area contributed by atoms with Crippen molar-refractivity contribution >= 4 is 11.4 Å². The van der Waals surface area contributed by atoms with E-state index in [1.165, 1.54) is 18.2 Å². The molecule has 0 spiro atoms. The van der Waals surface area contributed by atoms with Gasteiger partial charge in [0.25, 0.3) is 0 Å². The molecule has 0 amide bonds. The molecule has 4 heteroatoms. The fourth-order valence-corrected chi connectivity index (χ4v) is 1.72. The summed E-state index contributed by atoms with van der Waals surface area (Å²) in [7, 11) is 1.74. The van der Waals surface area contributed by atoms with E-state index in [1.54, 1.807) is 36.2 Å². The van der Waals surface area contributed by atoms with Gasteiger partial charge in [0, 0.05) is 12.7 Å². The third-order valence-electron chi connectivity index (χ3n) is 2.70. The van der Waals surface area contributed by atoms with Gasteiger partial charge in [-0.1, -0.05) is 6.07 Å². The van der Waals surface area contributed by atoms with Crippen LogP contribution >= 0.6 is 0 Å². The summed E-state index contributed by atoms with van der Waals surface area (Å²) in [5, 5.41) is 18.2. The quantitative estimate of drug-likeness (QED) is 0.879. The average Bonchev–Trinajstić information content (AvgIpc) is 2.38. The maximum absolute atomic E-state index is 13.5. The highest BCUT2D eigenvalue weighted by Gasteiger charge is 2.12. The smallest absolute Gasteiger partial charge is 0.143 e. The van der Waals surface area contributed by atoms with E-state index in [2.05, 4.69) is 0 Å². The molecule has 0 saturated carbocycles. The molecule has 18 heavy (non-hydrogen) atoms. The molecule has 2 aromatic rings. The maximum Gasteiger partial charge on any atom is 0.143 e. The Morgan fingerprint density at radius 1 is 1.17 bits per heavy atom. The van der Waals surface area contributed by atoms with Gasteiger partial charge >= 0.3 is 0 Å². The minimum absolute atomic E-state index is 0.00748. The second kappa shape index (κ2) is 4.76. The van der Waals surface area contributed by atoms with Gasteiger partial charge in [0.05, 0.1) is 5.69 Å². The Kier molecular flexibility index (Phi) is 3.16. The summed E-state index contributed by atoms with van der Waals surface area (Å²) >= 11 is 0. The van der Waals surface area contributed by atoms with Crippen LogP contribution in [0.2, 0.25) is 0 Å². The normalized spacial score (nSPS) is 9.83. The topological polar surface area (TPSA) is 47.3 Å². The predicted molar refractivity (Wildman–Crippen MR) is 67.3 cm³/mol. The van der Waals surface area contributed by atoms with E-state index in [9.17, 15) is 9.50 Å². The molecule has 0 bridgehead atoms. The standard InChI is InChI=1S/C14H11FN2O/c1-17(10-5-7-11(18)8-6-10)14-4-2-3-13(15)12(14)9-16/h2-8,18H,1H3. The van der Waals surface area contributed by atoms with Crippen molar-refractivity contribution < 1.29 is 9.50 Å². The lowest BCUT2D eigenvalue weighted by atomic mass is 10.1. The van der Waals surface area contributed by atoms with Gasteiger partial charge in [-0.25, -0.2) is 4.39 Å². The van der Waals surface area contributed by atoms with Crippen LogP contribution in [0.15, 0.2) is 42.5 Å². The third kappa shape index (κ3) is 2.11. The molecule has 0 radical (unpaired) electrons. The highest BCUT2D eigenvalue weighted by molar-refractivity contribution is 5.69. The lowest BCUT2D eigenvalue weighted by Gasteiger charge is -2.20. The first-order chi connectivity index (χ1) is 8.63. The molecule has 90 valence electrons. The van der Waals surface area contributed by atoms with E-state index >= 15 is 0 Å². The number of anilines is 2. The molecule has 0 unspecified atom stereocenters. The van der Waals surface area contributed by atoms with E-state index in [-0.39, 0.29) is 11.3 Å². The molecular formula is C14H11FN2O. The zero-order chi connectivity index (χ0) is 13.1. The third-order valence-corrected chi connectivity index (χ3v) is 2.70. The van der Waals surface area contributed by atoms with Crippen molar-refractivity contribution in [2.75, 3.05) is 11.9 Å². The van der Waals surface area contributed by atoms with Crippen LogP contribution < -0.4 is 4.90 Å². The molecule has 2 rings (SSSR count). The number of nitriles is 1. The van der Waals surface area contributed by atoms with Crippen LogP contribution in [-0.4, -0.2) is 12.2 Å². The predicted octanol–water partition coefficient (Wildman–Crippen LogP) is 3.17. The Morgan fingerprint density at radius 2 is 1.83 bits per heavy atom. The van der Waals surface area contributed by atoms with E-state index in [4.69, 9.17) is 5.26 Å². The molecule has 0 aliphatic heterocycles. The molecule has 0 saturated heterocycles. The number of hydrogen-bond donors (Lipinski definition) is 1. The van der Waals surface area contributed by atoms with Crippen molar-refractivity contribution in [1.82, 2.24) is 0 Å². The SMILES string of the molecule is CN(c1ccc(O)cc1)c1cccc(F)c1C#N. The van der Waals surface area contributed by atoms with Crippen LogP contribution in [0.1, 0.15) is 5.56 Å². The Bertz CT molecular complexity index is 602. The van der Waals surface area contributed by atoms with Crippen LogP contribution in [0.3, 0.4) is 0 Å². The summed E-state index contributed by atoms with van der Waals surface area (Å²) in [5.74, 6) is -0.382. The minimum atomic E-state index is -0.541. The monoisotopic (exact) mass is 242 g/mol. The van der Waals surface area contributed by atoms with Crippen LogP contribution in [0.4, 0.5) is 15.8 Å². The number of phenols is 1. The van der Waals surface area contributed by atoms with Gasteiger partial charge in [0.2, 0.25) is 0 Å². The number of nitrogens with zero attached hydrogens (tertiary/aromatic N) is 2. The highest BCUT2D eigenvalue weighted by atomic mass is 19.1. The maximum atomic E-state index is 13.5. The molecule has 2 aromatic carbocycles. The van der Waals surface area contributed by atoms with E-state index in [1.807, 2.05) is 6.07 Å². The Hall–Kier alpha value is -2.54. The largest absolute Gasteiger partial charge is 0.508 e. The molecule has 0 fully saturated rings. The summed E-state index contributed by atoms with van der Waals surface area (Å²) in [6, 6.07) is 12.8. The van der Waals surface area contributed by atoms with Gasteiger partial charge in [-0.05, 0) is 36.4 Å². The zero-order valence-corrected chi connectivity index (χ0v) is 9.76. The number of benzene rings is 2. The zero-order valence-electron chi connectivity index (χ0n) is 9.76. The summed E-state index contributed by atoms with van der Waals surface area (Å²) in [6.45, 7) is 0. The Morgan fingerprint density at radius 3 is 2.44 bits per heavy atom. The molecule has 0 heterocycles. The van der Waals surface area contributed by atoms with Crippen molar-refractivity contribution in [2.45, 2.75) is 0 Å². The van der Waals surface area contributed by atoms with Crippen LogP contribution in [0.25, 0.3) is 0 Å². The van der Waals surface area contributed by atoms with Gasteiger partial charge in [-0.3, -0.25) is 0 Å². The number of halogens is 1. The lowest BCUT2D eigenvalue weighted by Crippen LogP contribution is -2.11. The molecule has 0 aliphatic rings. The van der Waals surface area contributed by atoms with Crippen molar-refractivity contribution in [3.05, 3.63) is 53.8 Å². The number of phenolic OH excluding ortho intramolecular Hbond substituents is 1. The number of rotatable bonds is 2. The van der Waals surface area contributed by atoms with Crippen molar-refractivity contribution in [1.29, 1.82) is 5.26 Å². The highest BCUT2D eigenvalue weighted by Crippen LogP contribution is 2.28. The molecular weight excluding hydrogens is 231 g/mol. The van der Waals surface area contributed by atoms with Gasteiger partial charge in [-0.15, -0.1) is 0 Å². The van der Waals surface area contributed by atoms with Crippen molar-refractivity contribution in [3.8, 4) is 11.8 Å². The Balaban J connectivity index is 2.46. The fourth-order valence-electron chi connectivity index (χ4n) is 1.72. The van der Waals surface area contributed by atoms with E-state index in [0.29, 0.717) is 5.69 Å². The molecule has 0 atom stereocenters. The van der Waals surface area contributed by atoms with Crippen LogP contribution in [0, 0.1) is 17.1 Å². The second-order valence-electron chi connectivity index (χ2n) is 3.82. The molecule has 3 nitrogen and oxygen atoms in total. The van der Waals surface area contributed by atoms with Gasteiger partial charge in [-0.2, -0.15) is 5.26 Å². The molecule has 0 aliphatic carbocycles. The van der Waals surface area contributed by atoms with Crippen molar-refractivity contribution in [3.63, 3.8) is 0 Å². The molecule has 1 N–H and O–H groups in total. The Labute approximate surface area is 104 Å². The fraction of sp³-hybridized carbons (Fsp3) is 0.0714.